The summed E-state index contributed by atoms with van der Waals surface area (Å²) in [5, 5.41) is 13.6. The van der Waals surface area contributed by atoms with E-state index in [2.05, 4.69) is 21.3 Å². The quantitative estimate of drug-likeness (QED) is 0.0701. The van der Waals surface area contributed by atoms with Crippen molar-refractivity contribution in [2.75, 3.05) is 35.2 Å². The highest BCUT2D eigenvalue weighted by atomic mass is 33.1. The zero-order chi connectivity index (χ0) is 26.1. The first-order chi connectivity index (χ1) is 18.8. The Morgan fingerprint density at radius 2 is 0.816 bits per heavy atom. The summed E-state index contributed by atoms with van der Waals surface area (Å²) in [6, 6.07) is 40.1. The summed E-state index contributed by atoms with van der Waals surface area (Å²) < 4.78 is 0. The molecule has 4 rings (SSSR count). The number of nitrogens with zero attached hydrogens (tertiary/aromatic N) is 2. The molecule has 0 amide bonds. The number of guanidine groups is 2. The third-order valence-corrected chi connectivity index (χ3v) is 7.51. The van der Waals surface area contributed by atoms with E-state index in [0.717, 1.165) is 59.3 Å². The van der Waals surface area contributed by atoms with Gasteiger partial charge in [0.1, 0.15) is 0 Å². The molecule has 0 unspecified atom stereocenters. The van der Waals surface area contributed by atoms with Gasteiger partial charge in [0.2, 0.25) is 11.9 Å². The van der Waals surface area contributed by atoms with Crippen LogP contribution in [0.4, 0.5) is 22.7 Å². The van der Waals surface area contributed by atoms with Gasteiger partial charge >= 0.3 is 0 Å². The van der Waals surface area contributed by atoms with Crippen LogP contribution in [-0.4, -0.2) is 36.5 Å². The normalized spacial score (nSPS) is 11.6. The van der Waals surface area contributed by atoms with Gasteiger partial charge in [-0.1, -0.05) is 94.4 Å². The minimum atomic E-state index is 0.739. The van der Waals surface area contributed by atoms with Crippen molar-refractivity contribution < 1.29 is 0 Å². The average Bonchev–Trinajstić information content (AvgIpc) is 2.96. The van der Waals surface area contributed by atoms with E-state index in [-0.39, 0.29) is 0 Å². The van der Waals surface area contributed by atoms with Crippen molar-refractivity contribution in [2.45, 2.75) is 0 Å². The van der Waals surface area contributed by atoms with Crippen LogP contribution in [-0.2, 0) is 0 Å². The number of nitrogens with one attached hydrogen (secondary N) is 4. The first-order valence-corrected chi connectivity index (χ1v) is 15.0. The van der Waals surface area contributed by atoms with E-state index in [1.807, 2.05) is 143 Å². The first kappa shape index (κ1) is 27.2. The van der Waals surface area contributed by atoms with E-state index in [0.29, 0.717) is 0 Å². The zero-order valence-corrected chi connectivity index (χ0v) is 22.7. The van der Waals surface area contributed by atoms with Crippen LogP contribution in [0.3, 0.4) is 0 Å². The summed E-state index contributed by atoms with van der Waals surface area (Å²) >= 11 is 0. The van der Waals surface area contributed by atoms with Crippen molar-refractivity contribution in [3.63, 3.8) is 0 Å². The van der Waals surface area contributed by atoms with Crippen molar-refractivity contribution in [3.05, 3.63) is 121 Å². The molecule has 0 heterocycles. The predicted molar refractivity (Wildman–Crippen MR) is 168 cm³/mol. The van der Waals surface area contributed by atoms with Gasteiger partial charge in [-0.05, 0) is 48.5 Å². The van der Waals surface area contributed by atoms with Gasteiger partial charge < -0.3 is 21.3 Å². The molecular formula is C30H32N6S2. The Bertz CT molecular complexity index is 1150. The number of para-hydroxylation sites is 4. The summed E-state index contributed by atoms with van der Waals surface area (Å²) in [6.07, 6.45) is 0. The van der Waals surface area contributed by atoms with E-state index in [4.69, 9.17) is 9.98 Å². The molecule has 8 heteroatoms. The van der Waals surface area contributed by atoms with E-state index in [1.54, 1.807) is 0 Å². The predicted octanol–water partition coefficient (Wildman–Crippen LogP) is 7.15. The van der Waals surface area contributed by atoms with Gasteiger partial charge in [0.15, 0.2) is 0 Å². The highest BCUT2D eigenvalue weighted by Gasteiger charge is 2.03. The number of benzene rings is 4. The summed E-state index contributed by atoms with van der Waals surface area (Å²) in [5.41, 5.74) is 3.81. The van der Waals surface area contributed by atoms with Crippen LogP contribution in [0.25, 0.3) is 0 Å². The highest BCUT2D eigenvalue weighted by molar-refractivity contribution is 8.76. The van der Waals surface area contributed by atoms with Gasteiger partial charge in [0.25, 0.3) is 0 Å². The maximum Gasteiger partial charge on any atom is 0.201 e. The molecule has 38 heavy (non-hydrogen) atoms. The second kappa shape index (κ2) is 16.1. The molecule has 6 nitrogen and oxygen atoms in total. The Kier molecular flexibility index (Phi) is 11.5. The molecule has 0 bridgehead atoms. The maximum absolute atomic E-state index is 4.74. The fourth-order valence-electron chi connectivity index (χ4n) is 3.34. The molecule has 0 radical (unpaired) electrons. The van der Waals surface area contributed by atoms with Gasteiger partial charge in [-0.3, -0.25) is 0 Å². The van der Waals surface area contributed by atoms with E-state index in [1.165, 1.54) is 0 Å². The molecule has 0 fully saturated rings. The Balaban J connectivity index is 1.20. The lowest BCUT2D eigenvalue weighted by Gasteiger charge is -2.13. The van der Waals surface area contributed by atoms with Crippen LogP contribution >= 0.6 is 21.6 Å². The first-order valence-electron chi connectivity index (χ1n) is 12.5. The lowest BCUT2D eigenvalue weighted by molar-refractivity contribution is 0.971. The van der Waals surface area contributed by atoms with Crippen molar-refractivity contribution in [3.8, 4) is 0 Å². The van der Waals surface area contributed by atoms with Crippen molar-refractivity contribution in [1.29, 1.82) is 0 Å². The topological polar surface area (TPSA) is 72.8 Å². The van der Waals surface area contributed by atoms with Crippen molar-refractivity contribution in [2.24, 2.45) is 9.98 Å². The Morgan fingerprint density at radius 3 is 1.18 bits per heavy atom. The smallest absolute Gasteiger partial charge is 0.201 e. The second-order valence-electron chi connectivity index (χ2n) is 8.07. The molecule has 4 aromatic carbocycles. The number of rotatable bonds is 11. The Morgan fingerprint density at radius 1 is 0.474 bits per heavy atom. The van der Waals surface area contributed by atoms with E-state index >= 15 is 0 Å². The monoisotopic (exact) mass is 540 g/mol. The molecule has 0 aliphatic carbocycles. The van der Waals surface area contributed by atoms with Crippen LogP contribution in [0.1, 0.15) is 0 Å². The molecule has 4 aromatic rings. The molecule has 0 aliphatic heterocycles. The SMILES string of the molecule is c1ccc(/N=C(\NCCSSCCN/C(=N\c2ccccc2)Nc2ccccc2)Nc2ccccc2)cc1. The molecule has 194 valence electrons. The summed E-state index contributed by atoms with van der Waals surface area (Å²) in [4.78, 5) is 9.47. The number of aliphatic imine (C=N–C) groups is 2. The number of hydrogen-bond acceptors (Lipinski definition) is 4. The number of hydrogen-bond donors (Lipinski definition) is 4. The van der Waals surface area contributed by atoms with Crippen LogP contribution in [0.15, 0.2) is 131 Å². The zero-order valence-electron chi connectivity index (χ0n) is 21.1. The maximum atomic E-state index is 4.74. The lowest BCUT2D eigenvalue weighted by atomic mass is 10.3. The molecule has 0 aromatic heterocycles. The lowest BCUT2D eigenvalue weighted by Crippen LogP contribution is -2.32. The minimum absolute atomic E-state index is 0.739. The highest BCUT2D eigenvalue weighted by Crippen LogP contribution is 2.20. The largest absolute Gasteiger partial charge is 0.355 e. The minimum Gasteiger partial charge on any atom is -0.355 e. The fraction of sp³-hybridized carbons (Fsp3) is 0.133. The van der Waals surface area contributed by atoms with Gasteiger partial charge in [0, 0.05) is 36.0 Å². The van der Waals surface area contributed by atoms with E-state index in [9.17, 15) is 0 Å². The van der Waals surface area contributed by atoms with Crippen LogP contribution in [0, 0.1) is 0 Å². The van der Waals surface area contributed by atoms with Crippen LogP contribution < -0.4 is 21.3 Å². The molecule has 0 spiro atoms. The summed E-state index contributed by atoms with van der Waals surface area (Å²) in [5.74, 6) is 3.37. The third-order valence-electron chi connectivity index (χ3n) is 5.11. The molecule has 0 aliphatic rings. The van der Waals surface area contributed by atoms with Gasteiger partial charge in [-0.15, -0.1) is 0 Å². The molecule has 4 N–H and O–H groups in total. The van der Waals surface area contributed by atoms with Crippen LogP contribution in [0.2, 0.25) is 0 Å². The number of anilines is 2. The Hall–Kier alpha value is -3.88. The fourth-order valence-corrected chi connectivity index (χ4v) is 5.16. The van der Waals surface area contributed by atoms with Crippen molar-refractivity contribution >= 4 is 56.3 Å². The second-order valence-corrected chi connectivity index (χ2v) is 10.8. The third kappa shape index (κ3) is 10.2. The van der Waals surface area contributed by atoms with Gasteiger partial charge in [-0.25, -0.2) is 9.98 Å². The van der Waals surface area contributed by atoms with Gasteiger partial charge in [-0.2, -0.15) is 0 Å². The van der Waals surface area contributed by atoms with Crippen LogP contribution in [0.5, 0.6) is 0 Å². The molecule has 0 saturated carbocycles. The van der Waals surface area contributed by atoms with E-state index < -0.39 is 0 Å². The standard InChI is InChI=1S/C30H32N6S2/c1-5-13-25(14-6-1)33-29(34-26-15-7-2-8-16-26)31-21-23-37-38-24-22-32-30(35-27-17-9-3-10-18-27)36-28-19-11-4-12-20-28/h1-20H,21-24H2,(H2,31,33,34)(H2,32,35,36). The van der Waals surface area contributed by atoms with Gasteiger partial charge in [0.05, 0.1) is 11.4 Å². The summed E-state index contributed by atoms with van der Waals surface area (Å²) in [7, 11) is 3.68. The van der Waals surface area contributed by atoms with Crippen molar-refractivity contribution in [1.82, 2.24) is 10.6 Å². The summed E-state index contributed by atoms with van der Waals surface area (Å²) in [6.45, 7) is 1.60. The molecular weight excluding hydrogens is 509 g/mol. The molecule has 0 saturated heterocycles. The average molecular weight is 541 g/mol. The Labute approximate surface area is 232 Å². The molecule has 0 atom stereocenters.